The van der Waals surface area contributed by atoms with Gasteiger partial charge in [-0.2, -0.15) is 5.26 Å². The fourth-order valence-corrected chi connectivity index (χ4v) is 3.05. The molecule has 1 heterocycles. The Labute approximate surface area is 136 Å². The zero-order valence-electron chi connectivity index (χ0n) is 13.4. The number of hydrogen-bond acceptors (Lipinski definition) is 5. The van der Waals surface area contributed by atoms with Crippen LogP contribution in [0.3, 0.4) is 0 Å². The number of carbonyl (C=O) groups is 1. The summed E-state index contributed by atoms with van der Waals surface area (Å²) in [6, 6.07) is 6.08. The first kappa shape index (κ1) is 16.9. The molecule has 0 aromatic heterocycles. The molecule has 1 aliphatic carbocycles. The van der Waals surface area contributed by atoms with Crippen LogP contribution in [-0.2, 0) is 10.2 Å². The Morgan fingerprint density at radius 1 is 1.17 bits per heavy atom. The van der Waals surface area contributed by atoms with Gasteiger partial charge in [0.2, 0.25) is 5.75 Å². The van der Waals surface area contributed by atoms with Crippen molar-refractivity contribution in [2.45, 2.75) is 31.1 Å². The highest BCUT2D eigenvalue weighted by molar-refractivity contribution is 5.80. The minimum atomic E-state index is -0.676. The van der Waals surface area contributed by atoms with Crippen molar-refractivity contribution in [2.75, 3.05) is 20.3 Å². The first-order valence-corrected chi connectivity index (χ1v) is 7.60. The minimum Gasteiger partial charge on any atom is -0.493 e. The zero-order chi connectivity index (χ0) is 16.9. The monoisotopic (exact) mass is 315 g/mol. The SMILES string of the molecule is C=C.COc1ccc(C2(C#N)CCC(=O)CC2)c2c1OCCO2. The van der Waals surface area contributed by atoms with Gasteiger partial charge in [-0.1, -0.05) is 0 Å². The Bertz CT molecular complexity index is 623. The first-order chi connectivity index (χ1) is 11.2. The fraction of sp³-hybridized carbons (Fsp3) is 0.444. The number of ketones is 1. The van der Waals surface area contributed by atoms with Crippen molar-refractivity contribution < 1.29 is 19.0 Å². The summed E-state index contributed by atoms with van der Waals surface area (Å²) in [5, 5.41) is 9.72. The van der Waals surface area contributed by atoms with E-state index in [0.717, 1.165) is 5.56 Å². The molecule has 0 atom stereocenters. The molecule has 0 bridgehead atoms. The maximum absolute atomic E-state index is 11.5. The van der Waals surface area contributed by atoms with E-state index in [1.165, 1.54) is 0 Å². The van der Waals surface area contributed by atoms with Crippen molar-refractivity contribution in [2.24, 2.45) is 0 Å². The number of carbonyl (C=O) groups excluding carboxylic acids is 1. The first-order valence-electron chi connectivity index (χ1n) is 7.60. The number of Topliss-reactive ketones (excluding diaryl/α,β-unsaturated/α-hetero) is 1. The lowest BCUT2D eigenvalue weighted by Crippen LogP contribution is -2.32. The number of ether oxygens (including phenoxy) is 3. The highest BCUT2D eigenvalue weighted by Crippen LogP contribution is 2.49. The molecule has 2 aliphatic rings. The maximum atomic E-state index is 11.5. The molecule has 0 unspecified atom stereocenters. The molecule has 1 saturated carbocycles. The molecular formula is C18H21NO4. The third-order valence-electron chi connectivity index (χ3n) is 4.26. The third kappa shape index (κ3) is 3.02. The molecular weight excluding hydrogens is 294 g/mol. The highest BCUT2D eigenvalue weighted by Gasteiger charge is 2.40. The Morgan fingerprint density at radius 2 is 1.78 bits per heavy atom. The van der Waals surface area contributed by atoms with Crippen LogP contribution in [0.2, 0.25) is 0 Å². The summed E-state index contributed by atoms with van der Waals surface area (Å²) in [7, 11) is 1.58. The van der Waals surface area contributed by atoms with Gasteiger partial charge >= 0.3 is 0 Å². The number of hydrogen-bond donors (Lipinski definition) is 0. The molecule has 0 N–H and O–H groups in total. The average molecular weight is 315 g/mol. The summed E-state index contributed by atoms with van der Waals surface area (Å²) in [6.45, 7) is 6.92. The van der Waals surface area contributed by atoms with Gasteiger partial charge in [-0.15, -0.1) is 13.2 Å². The Kier molecular flexibility index (Phi) is 5.28. The molecule has 0 saturated heterocycles. The second kappa shape index (κ2) is 7.19. The molecule has 3 rings (SSSR count). The van der Waals surface area contributed by atoms with Gasteiger partial charge in [0.15, 0.2) is 11.5 Å². The van der Waals surface area contributed by atoms with E-state index >= 15 is 0 Å². The molecule has 5 nitrogen and oxygen atoms in total. The average Bonchev–Trinajstić information content (AvgIpc) is 2.63. The predicted octanol–water partition coefficient (Wildman–Crippen LogP) is 3.17. The Balaban J connectivity index is 0.000000924. The summed E-state index contributed by atoms with van der Waals surface area (Å²) in [4.78, 5) is 11.5. The van der Waals surface area contributed by atoms with Gasteiger partial charge in [-0.25, -0.2) is 0 Å². The van der Waals surface area contributed by atoms with Crippen LogP contribution in [-0.4, -0.2) is 26.1 Å². The summed E-state index contributed by atoms with van der Waals surface area (Å²) in [5.41, 5.74) is 0.137. The molecule has 0 amide bonds. The van der Waals surface area contributed by atoms with E-state index in [-0.39, 0.29) is 5.78 Å². The number of nitrogens with zero attached hydrogens (tertiary/aromatic N) is 1. The van der Waals surface area contributed by atoms with E-state index in [0.29, 0.717) is 56.1 Å². The largest absolute Gasteiger partial charge is 0.493 e. The van der Waals surface area contributed by atoms with Crippen LogP contribution in [0.1, 0.15) is 31.2 Å². The van der Waals surface area contributed by atoms with Gasteiger partial charge in [0.1, 0.15) is 19.0 Å². The quantitative estimate of drug-likeness (QED) is 0.784. The molecule has 23 heavy (non-hydrogen) atoms. The highest BCUT2D eigenvalue weighted by atomic mass is 16.6. The molecule has 1 aromatic carbocycles. The van der Waals surface area contributed by atoms with Gasteiger partial charge < -0.3 is 14.2 Å². The summed E-state index contributed by atoms with van der Waals surface area (Å²) in [5.74, 6) is 1.98. The van der Waals surface area contributed by atoms with E-state index in [4.69, 9.17) is 14.2 Å². The van der Waals surface area contributed by atoms with Crippen molar-refractivity contribution in [3.8, 4) is 23.3 Å². The smallest absolute Gasteiger partial charge is 0.204 e. The third-order valence-corrected chi connectivity index (χ3v) is 4.26. The van der Waals surface area contributed by atoms with E-state index < -0.39 is 5.41 Å². The fourth-order valence-electron chi connectivity index (χ4n) is 3.05. The van der Waals surface area contributed by atoms with E-state index in [9.17, 15) is 10.1 Å². The van der Waals surface area contributed by atoms with Crippen molar-refractivity contribution in [3.63, 3.8) is 0 Å². The number of methoxy groups -OCH3 is 1. The van der Waals surface area contributed by atoms with Crippen LogP contribution in [0.5, 0.6) is 17.2 Å². The van der Waals surface area contributed by atoms with Gasteiger partial charge in [0, 0.05) is 18.4 Å². The van der Waals surface area contributed by atoms with Crippen molar-refractivity contribution in [1.82, 2.24) is 0 Å². The second-order valence-electron chi connectivity index (χ2n) is 5.40. The number of benzene rings is 1. The predicted molar refractivity (Wildman–Crippen MR) is 86.0 cm³/mol. The van der Waals surface area contributed by atoms with E-state index in [1.54, 1.807) is 13.2 Å². The standard InChI is InChI=1S/C16H17NO4.C2H4/c1-19-13-3-2-12(14-15(13)21-9-8-20-14)16(10-17)6-4-11(18)5-7-16;1-2/h2-3H,4-9H2,1H3;1-2H2. The van der Waals surface area contributed by atoms with Crippen LogP contribution in [0.25, 0.3) is 0 Å². The van der Waals surface area contributed by atoms with Gasteiger partial charge in [-0.3, -0.25) is 4.79 Å². The lowest BCUT2D eigenvalue weighted by Gasteiger charge is -2.33. The topological polar surface area (TPSA) is 68.5 Å². The van der Waals surface area contributed by atoms with Crippen LogP contribution in [0.4, 0.5) is 0 Å². The van der Waals surface area contributed by atoms with Crippen molar-refractivity contribution in [1.29, 1.82) is 5.26 Å². The van der Waals surface area contributed by atoms with E-state index in [1.807, 2.05) is 6.07 Å². The summed E-state index contributed by atoms with van der Waals surface area (Å²) >= 11 is 0. The second-order valence-corrected chi connectivity index (χ2v) is 5.40. The summed E-state index contributed by atoms with van der Waals surface area (Å²) in [6.07, 6.45) is 1.94. The van der Waals surface area contributed by atoms with Crippen LogP contribution >= 0.6 is 0 Å². The zero-order valence-corrected chi connectivity index (χ0v) is 13.4. The molecule has 122 valence electrons. The number of rotatable bonds is 2. The normalized spacial score (nSPS) is 18.2. The number of fused-ring (bicyclic) bond motifs is 1. The number of nitriles is 1. The molecule has 1 aliphatic heterocycles. The molecule has 1 aromatic rings. The molecule has 0 spiro atoms. The van der Waals surface area contributed by atoms with Crippen LogP contribution in [0.15, 0.2) is 25.3 Å². The van der Waals surface area contributed by atoms with Crippen LogP contribution < -0.4 is 14.2 Å². The Morgan fingerprint density at radius 3 is 2.35 bits per heavy atom. The van der Waals surface area contributed by atoms with Crippen molar-refractivity contribution in [3.05, 3.63) is 30.9 Å². The lowest BCUT2D eigenvalue weighted by molar-refractivity contribution is -0.121. The van der Waals surface area contributed by atoms with Gasteiger partial charge in [0.25, 0.3) is 0 Å². The summed E-state index contributed by atoms with van der Waals surface area (Å²) < 4.78 is 16.7. The van der Waals surface area contributed by atoms with Gasteiger partial charge in [0.05, 0.1) is 18.6 Å². The maximum Gasteiger partial charge on any atom is 0.204 e. The van der Waals surface area contributed by atoms with Gasteiger partial charge in [-0.05, 0) is 25.0 Å². The molecule has 1 fully saturated rings. The van der Waals surface area contributed by atoms with E-state index in [2.05, 4.69) is 19.2 Å². The molecule has 5 heteroatoms. The molecule has 0 radical (unpaired) electrons. The lowest BCUT2D eigenvalue weighted by atomic mass is 9.69. The Hall–Kier alpha value is -2.48. The van der Waals surface area contributed by atoms with Crippen LogP contribution in [0, 0.1) is 11.3 Å². The minimum absolute atomic E-state index is 0.223. The van der Waals surface area contributed by atoms with Crippen molar-refractivity contribution >= 4 is 5.78 Å².